The average Bonchev–Trinajstić information content (AvgIpc) is 3.13. The summed E-state index contributed by atoms with van der Waals surface area (Å²) in [4.78, 5) is 35.0. The Labute approximate surface area is 176 Å². The standard InChI is InChI=1S/C21H18FN7O2/c22-15-10-24-7-6-14(15)19-20(27-13-4-2-1-3-5-13)18-16(28-19)8-12(9-17(18)30)21(31)25-11-26-29-23/h1-7,10,12,27-28H,8-9,11H2,(H,25,31)/t12-/m0/s1. The van der Waals surface area contributed by atoms with E-state index in [9.17, 15) is 14.0 Å². The van der Waals surface area contributed by atoms with E-state index in [4.69, 9.17) is 5.53 Å². The summed E-state index contributed by atoms with van der Waals surface area (Å²) in [5.74, 6) is -1.77. The Morgan fingerprint density at radius 1 is 1.29 bits per heavy atom. The van der Waals surface area contributed by atoms with Gasteiger partial charge < -0.3 is 15.6 Å². The number of benzene rings is 1. The second-order valence-electron chi connectivity index (χ2n) is 7.03. The number of pyridine rings is 1. The minimum absolute atomic E-state index is 0.00527. The summed E-state index contributed by atoms with van der Waals surface area (Å²) >= 11 is 0. The molecule has 0 saturated heterocycles. The largest absolute Gasteiger partial charge is 0.356 e. The van der Waals surface area contributed by atoms with E-state index in [0.717, 1.165) is 11.9 Å². The summed E-state index contributed by atoms with van der Waals surface area (Å²) < 4.78 is 14.5. The SMILES string of the molecule is [N-]=[N+]=NCNC(=O)[C@@H]1CC(=O)c2c([nH]c(-c3ccncc3F)c2Nc2ccccc2)C1. The van der Waals surface area contributed by atoms with E-state index in [2.05, 4.69) is 30.6 Å². The van der Waals surface area contributed by atoms with Gasteiger partial charge in [0.15, 0.2) is 11.6 Å². The molecule has 0 aliphatic heterocycles. The van der Waals surface area contributed by atoms with Gasteiger partial charge in [0.25, 0.3) is 0 Å². The first-order valence-corrected chi connectivity index (χ1v) is 9.57. The van der Waals surface area contributed by atoms with Crippen molar-refractivity contribution in [2.75, 3.05) is 12.0 Å². The monoisotopic (exact) mass is 419 g/mol. The van der Waals surface area contributed by atoms with Crippen molar-refractivity contribution in [2.45, 2.75) is 12.8 Å². The first-order valence-electron chi connectivity index (χ1n) is 9.57. The van der Waals surface area contributed by atoms with Crippen LogP contribution in [0.4, 0.5) is 15.8 Å². The molecule has 1 aromatic carbocycles. The maximum atomic E-state index is 14.5. The van der Waals surface area contributed by atoms with Crippen LogP contribution in [0.15, 0.2) is 53.9 Å². The first-order chi connectivity index (χ1) is 15.1. The molecule has 0 unspecified atom stereocenters. The van der Waals surface area contributed by atoms with E-state index >= 15 is 0 Å². The number of para-hydroxylation sites is 1. The number of anilines is 2. The Kier molecular flexibility index (Phi) is 5.63. The molecule has 156 valence electrons. The summed E-state index contributed by atoms with van der Waals surface area (Å²) in [5.41, 5.74) is 11.2. The van der Waals surface area contributed by atoms with Crippen molar-refractivity contribution < 1.29 is 14.0 Å². The molecule has 0 bridgehead atoms. The number of nitrogens with zero attached hydrogens (tertiary/aromatic N) is 4. The number of azide groups is 1. The zero-order chi connectivity index (χ0) is 21.8. The molecule has 0 saturated carbocycles. The number of hydrogen-bond donors (Lipinski definition) is 3. The van der Waals surface area contributed by atoms with Crippen LogP contribution in [0.2, 0.25) is 0 Å². The topological polar surface area (TPSA) is 136 Å². The van der Waals surface area contributed by atoms with Crippen LogP contribution in [0.5, 0.6) is 0 Å². The molecular formula is C21H18FN7O2. The number of nitrogens with one attached hydrogen (secondary N) is 3. The highest BCUT2D eigenvalue weighted by Crippen LogP contribution is 2.40. The fourth-order valence-electron chi connectivity index (χ4n) is 3.70. The number of hydrogen-bond acceptors (Lipinski definition) is 5. The highest BCUT2D eigenvalue weighted by atomic mass is 19.1. The van der Waals surface area contributed by atoms with Crippen molar-refractivity contribution in [2.24, 2.45) is 11.0 Å². The number of aromatic nitrogens is 2. The summed E-state index contributed by atoms with van der Waals surface area (Å²) in [6.07, 6.45) is 2.83. The van der Waals surface area contributed by atoms with Gasteiger partial charge in [0.2, 0.25) is 5.91 Å². The Bertz CT molecular complexity index is 1190. The highest BCUT2D eigenvalue weighted by Gasteiger charge is 2.35. The molecular weight excluding hydrogens is 401 g/mol. The van der Waals surface area contributed by atoms with Gasteiger partial charge >= 0.3 is 0 Å². The van der Waals surface area contributed by atoms with E-state index < -0.39 is 11.7 Å². The normalized spacial score (nSPS) is 15.0. The molecule has 1 aliphatic carbocycles. The van der Waals surface area contributed by atoms with E-state index in [1.54, 1.807) is 0 Å². The molecule has 10 heteroatoms. The maximum absolute atomic E-state index is 14.5. The molecule has 31 heavy (non-hydrogen) atoms. The van der Waals surface area contributed by atoms with Gasteiger partial charge in [-0.25, -0.2) is 4.39 Å². The molecule has 0 spiro atoms. The number of halogens is 1. The molecule has 2 aromatic heterocycles. The minimum Gasteiger partial charge on any atom is -0.356 e. The fraction of sp³-hybridized carbons (Fsp3) is 0.190. The number of rotatable bonds is 6. The average molecular weight is 419 g/mol. The molecule has 3 N–H and O–H groups in total. The number of aromatic amines is 1. The first kappa shape index (κ1) is 20.1. The van der Waals surface area contributed by atoms with Crippen LogP contribution in [-0.2, 0) is 11.2 Å². The van der Waals surface area contributed by atoms with Crippen molar-refractivity contribution in [3.63, 3.8) is 0 Å². The fourth-order valence-corrected chi connectivity index (χ4v) is 3.70. The number of ketones is 1. The van der Waals surface area contributed by atoms with Crippen LogP contribution in [0, 0.1) is 11.7 Å². The molecule has 2 heterocycles. The number of fused-ring (bicyclic) bond motifs is 1. The Morgan fingerprint density at radius 3 is 2.84 bits per heavy atom. The summed E-state index contributed by atoms with van der Waals surface area (Å²) in [7, 11) is 0. The predicted molar refractivity (Wildman–Crippen MR) is 112 cm³/mol. The molecule has 1 aliphatic rings. The third-order valence-electron chi connectivity index (χ3n) is 5.08. The van der Waals surface area contributed by atoms with E-state index in [1.165, 1.54) is 12.3 Å². The smallest absolute Gasteiger partial charge is 0.224 e. The highest BCUT2D eigenvalue weighted by molar-refractivity contribution is 6.09. The van der Waals surface area contributed by atoms with Crippen LogP contribution in [0.3, 0.4) is 0 Å². The number of carbonyl (C=O) groups excluding carboxylic acids is 2. The van der Waals surface area contributed by atoms with Gasteiger partial charge in [-0.15, -0.1) is 0 Å². The van der Waals surface area contributed by atoms with Crippen molar-refractivity contribution in [3.05, 3.63) is 76.3 Å². The van der Waals surface area contributed by atoms with Crippen molar-refractivity contribution in [3.8, 4) is 11.3 Å². The summed E-state index contributed by atoms with van der Waals surface area (Å²) in [5, 5.41) is 9.01. The van der Waals surface area contributed by atoms with Crippen LogP contribution >= 0.6 is 0 Å². The zero-order valence-electron chi connectivity index (χ0n) is 16.3. The Morgan fingerprint density at radius 2 is 2.10 bits per heavy atom. The van der Waals surface area contributed by atoms with Gasteiger partial charge in [0, 0.05) is 40.9 Å². The van der Waals surface area contributed by atoms with Gasteiger partial charge in [0.1, 0.15) is 0 Å². The Hall–Kier alpha value is -4.17. The molecule has 4 rings (SSSR count). The zero-order valence-corrected chi connectivity index (χ0v) is 16.3. The van der Waals surface area contributed by atoms with Crippen LogP contribution < -0.4 is 10.6 Å². The molecule has 9 nitrogen and oxygen atoms in total. The lowest BCUT2D eigenvalue weighted by Crippen LogP contribution is -2.35. The molecule has 1 amide bonds. The molecule has 0 fully saturated rings. The predicted octanol–water partition coefficient (Wildman–Crippen LogP) is 4.09. The lowest BCUT2D eigenvalue weighted by Gasteiger charge is -2.21. The van der Waals surface area contributed by atoms with Crippen molar-refractivity contribution in [1.29, 1.82) is 0 Å². The third-order valence-corrected chi connectivity index (χ3v) is 5.08. The van der Waals surface area contributed by atoms with E-state index in [-0.39, 0.29) is 36.8 Å². The second kappa shape index (κ2) is 8.68. The van der Waals surface area contributed by atoms with Crippen LogP contribution in [-0.4, -0.2) is 28.3 Å². The number of carbonyl (C=O) groups is 2. The van der Waals surface area contributed by atoms with Crippen LogP contribution in [0.1, 0.15) is 22.5 Å². The number of Topliss-reactive ketones (excluding diaryl/α,β-unsaturated/α-hetero) is 1. The van der Waals surface area contributed by atoms with Gasteiger partial charge in [-0.3, -0.25) is 14.6 Å². The lowest BCUT2D eigenvalue weighted by atomic mass is 9.85. The van der Waals surface area contributed by atoms with E-state index in [1.807, 2.05) is 30.3 Å². The second-order valence-corrected chi connectivity index (χ2v) is 7.03. The number of H-pyrrole nitrogens is 1. The summed E-state index contributed by atoms with van der Waals surface area (Å²) in [6, 6.07) is 10.8. The molecule has 3 aromatic rings. The molecule has 0 radical (unpaired) electrons. The van der Waals surface area contributed by atoms with Gasteiger partial charge in [-0.1, -0.05) is 23.3 Å². The van der Waals surface area contributed by atoms with Gasteiger partial charge in [-0.05, 0) is 23.7 Å². The number of amides is 1. The van der Waals surface area contributed by atoms with Crippen molar-refractivity contribution in [1.82, 2.24) is 15.3 Å². The lowest BCUT2D eigenvalue weighted by molar-refractivity contribution is -0.125. The Balaban J connectivity index is 1.75. The maximum Gasteiger partial charge on any atom is 0.224 e. The minimum atomic E-state index is -0.618. The third kappa shape index (κ3) is 4.10. The van der Waals surface area contributed by atoms with E-state index in [0.29, 0.717) is 22.6 Å². The molecule has 1 atom stereocenters. The quantitative estimate of drug-likeness (QED) is 0.315. The summed E-state index contributed by atoms with van der Waals surface area (Å²) in [6.45, 7) is -0.189. The van der Waals surface area contributed by atoms with Crippen molar-refractivity contribution >= 4 is 23.1 Å². The van der Waals surface area contributed by atoms with Gasteiger partial charge in [0.05, 0.1) is 35.7 Å². The van der Waals surface area contributed by atoms with Crippen LogP contribution in [0.25, 0.3) is 21.7 Å². The van der Waals surface area contributed by atoms with Gasteiger partial charge in [-0.2, -0.15) is 0 Å².